The van der Waals surface area contributed by atoms with Crippen LogP contribution in [-0.2, 0) is 0 Å². The highest BCUT2D eigenvalue weighted by Gasteiger charge is 2.29. The van der Waals surface area contributed by atoms with Crippen LogP contribution in [0.25, 0.3) is 0 Å². The van der Waals surface area contributed by atoms with Crippen molar-refractivity contribution in [1.29, 1.82) is 0 Å². The minimum atomic E-state index is -0.403. The van der Waals surface area contributed by atoms with Crippen LogP contribution < -0.4 is 10.6 Å². The van der Waals surface area contributed by atoms with Crippen molar-refractivity contribution in [2.24, 2.45) is 0 Å². The van der Waals surface area contributed by atoms with Gasteiger partial charge >= 0.3 is 0 Å². The van der Waals surface area contributed by atoms with Crippen LogP contribution in [-0.4, -0.2) is 12.6 Å². The molecule has 2 nitrogen and oxygen atoms in total. The topological polar surface area (TPSA) is 29.3 Å². The zero-order valence-electron chi connectivity index (χ0n) is 8.63. The molecule has 82 valence electrons. The summed E-state index contributed by atoms with van der Waals surface area (Å²) < 4.78 is 13.3. The van der Waals surface area contributed by atoms with E-state index in [2.05, 4.69) is 4.90 Å². The molecule has 1 saturated carbocycles. The Labute approximate surface area is 93.8 Å². The Kier molecular flexibility index (Phi) is 2.74. The Morgan fingerprint density at radius 1 is 1.53 bits per heavy atom. The smallest absolute Gasteiger partial charge is 0.144 e. The summed E-state index contributed by atoms with van der Waals surface area (Å²) in [6, 6.07) is 3.44. The molecule has 0 amide bonds. The van der Waals surface area contributed by atoms with Crippen molar-refractivity contribution in [2.75, 3.05) is 17.2 Å². The molecule has 1 aromatic carbocycles. The van der Waals surface area contributed by atoms with Crippen LogP contribution in [0.4, 0.5) is 15.8 Å². The lowest BCUT2D eigenvalue weighted by molar-refractivity contribution is 0.627. The van der Waals surface area contributed by atoms with E-state index in [1.807, 2.05) is 6.92 Å². The zero-order chi connectivity index (χ0) is 11.0. The Balaban J connectivity index is 2.37. The van der Waals surface area contributed by atoms with Crippen molar-refractivity contribution in [1.82, 2.24) is 0 Å². The third-order valence-electron chi connectivity index (χ3n) is 2.71. The van der Waals surface area contributed by atoms with Gasteiger partial charge in [-0.3, -0.25) is 0 Å². The molecule has 0 atom stereocenters. The van der Waals surface area contributed by atoms with Gasteiger partial charge in [0.05, 0.1) is 16.4 Å². The zero-order valence-corrected chi connectivity index (χ0v) is 9.39. The summed E-state index contributed by atoms with van der Waals surface area (Å²) in [5.41, 5.74) is 7.16. The van der Waals surface area contributed by atoms with E-state index in [-0.39, 0.29) is 5.02 Å². The van der Waals surface area contributed by atoms with Gasteiger partial charge in [0.1, 0.15) is 5.82 Å². The number of rotatable bonds is 3. The van der Waals surface area contributed by atoms with Crippen molar-refractivity contribution in [3.05, 3.63) is 23.0 Å². The van der Waals surface area contributed by atoms with Crippen molar-refractivity contribution in [3.63, 3.8) is 0 Å². The molecule has 1 fully saturated rings. The molecule has 2 rings (SSSR count). The van der Waals surface area contributed by atoms with E-state index < -0.39 is 5.82 Å². The number of halogens is 2. The molecule has 0 saturated heterocycles. The van der Waals surface area contributed by atoms with Crippen LogP contribution in [0.2, 0.25) is 5.02 Å². The quantitative estimate of drug-likeness (QED) is 0.806. The summed E-state index contributed by atoms with van der Waals surface area (Å²) in [7, 11) is 0. The van der Waals surface area contributed by atoms with Crippen molar-refractivity contribution in [2.45, 2.75) is 25.8 Å². The van der Waals surface area contributed by atoms with Gasteiger partial charge in [-0.2, -0.15) is 0 Å². The van der Waals surface area contributed by atoms with Crippen LogP contribution in [0.15, 0.2) is 12.1 Å². The third-order valence-corrected chi connectivity index (χ3v) is 3.00. The van der Waals surface area contributed by atoms with Gasteiger partial charge in [0, 0.05) is 18.7 Å². The number of anilines is 2. The highest BCUT2D eigenvalue weighted by molar-refractivity contribution is 6.31. The number of hydrogen-bond donors (Lipinski definition) is 1. The van der Waals surface area contributed by atoms with Crippen molar-refractivity contribution in [3.8, 4) is 0 Å². The predicted octanol–water partition coefficient (Wildman–Crippen LogP) is 3.05. The van der Waals surface area contributed by atoms with Crippen molar-refractivity contribution >= 4 is 23.0 Å². The minimum Gasteiger partial charge on any atom is -0.397 e. The van der Waals surface area contributed by atoms with E-state index in [0.717, 1.165) is 25.1 Å². The highest BCUT2D eigenvalue weighted by Crippen LogP contribution is 2.36. The van der Waals surface area contributed by atoms with Gasteiger partial charge in [0.25, 0.3) is 0 Å². The molecule has 0 bridgehead atoms. The molecule has 0 radical (unpaired) electrons. The van der Waals surface area contributed by atoms with Crippen LogP contribution in [0.5, 0.6) is 0 Å². The molecular weight excluding hydrogens is 215 g/mol. The van der Waals surface area contributed by atoms with Gasteiger partial charge in [0.15, 0.2) is 0 Å². The Hall–Kier alpha value is -0.960. The molecule has 15 heavy (non-hydrogen) atoms. The normalized spacial score (nSPS) is 15.4. The fourth-order valence-electron chi connectivity index (χ4n) is 1.81. The molecular formula is C11H14ClFN2. The van der Waals surface area contributed by atoms with Gasteiger partial charge < -0.3 is 10.6 Å². The molecule has 0 unspecified atom stereocenters. The molecule has 1 aromatic rings. The fourth-order valence-corrected chi connectivity index (χ4v) is 1.98. The predicted molar refractivity (Wildman–Crippen MR) is 61.9 cm³/mol. The minimum absolute atomic E-state index is 0.0862. The first kappa shape index (κ1) is 10.6. The largest absolute Gasteiger partial charge is 0.397 e. The van der Waals surface area contributed by atoms with E-state index in [0.29, 0.717) is 11.7 Å². The second-order valence-corrected chi connectivity index (χ2v) is 4.25. The van der Waals surface area contributed by atoms with Crippen LogP contribution in [0.1, 0.15) is 19.8 Å². The molecule has 1 aliphatic rings. The van der Waals surface area contributed by atoms with Crippen LogP contribution in [0.3, 0.4) is 0 Å². The summed E-state index contributed by atoms with van der Waals surface area (Å²) in [5.74, 6) is -0.403. The maximum Gasteiger partial charge on any atom is 0.144 e. The number of nitrogens with two attached hydrogens (primary N) is 1. The van der Waals surface area contributed by atoms with E-state index in [1.54, 1.807) is 0 Å². The summed E-state index contributed by atoms with van der Waals surface area (Å²) in [5, 5.41) is 0.0862. The lowest BCUT2D eigenvalue weighted by Gasteiger charge is -2.24. The number of benzene rings is 1. The average molecular weight is 229 g/mol. The van der Waals surface area contributed by atoms with Crippen LogP contribution in [0, 0.1) is 5.82 Å². The fraction of sp³-hybridized carbons (Fsp3) is 0.455. The van der Waals surface area contributed by atoms with Gasteiger partial charge in [-0.25, -0.2) is 4.39 Å². The molecule has 4 heteroatoms. The molecule has 2 N–H and O–H groups in total. The molecule has 0 aromatic heterocycles. The molecule has 0 spiro atoms. The number of nitrogens with zero attached hydrogens (tertiary/aromatic N) is 1. The first-order chi connectivity index (χ1) is 7.13. The highest BCUT2D eigenvalue weighted by atomic mass is 35.5. The maximum atomic E-state index is 13.3. The first-order valence-electron chi connectivity index (χ1n) is 5.14. The number of hydrogen-bond acceptors (Lipinski definition) is 2. The maximum absolute atomic E-state index is 13.3. The molecule has 0 aliphatic heterocycles. The third kappa shape index (κ3) is 2.02. The Morgan fingerprint density at radius 2 is 2.20 bits per heavy atom. The summed E-state index contributed by atoms with van der Waals surface area (Å²) in [6.07, 6.45) is 2.33. The SMILES string of the molecule is CCN(c1cc(F)c(Cl)cc1N)C1CC1. The second-order valence-electron chi connectivity index (χ2n) is 3.84. The van der Waals surface area contributed by atoms with E-state index in [1.165, 1.54) is 12.1 Å². The second kappa shape index (κ2) is 3.89. The molecule has 1 aliphatic carbocycles. The van der Waals surface area contributed by atoms with E-state index >= 15 is 0 Å². The Morgan fingerprint density at radius 3 is 2.73 bits per heavy atom. The summed E-state index contributed by atoms with van der Waals surface area (Å²) >= 11 is 5.66. The lowest BCUT2D eigenvalue weighted by Crippen LogP contribution is -2.26. The van der Waals surface area contributed by atoms with Gasteiger partial charge in [-0.1, -0.05) is 11.6 Å². The number of nitrogen functional groups attached to an aromatic ring is 1. The van der Waals surface area contributed by atoms with E-state index in [4.69, 9.17) is 17.3 Å². The van der Waals surface area contributed by atoms with Crippen LogP contribution >= 0.6 is 11.6 Å². The summed E-state index contributed by atoms with van der Waals surface area (Å²) in [4.78, 5) is 2.13. The van der Waals surface area contributed by atoms with E-state index in [9.17, 15) is 4.39 Å². The van der Waals surface area contributed by atoms with Gasteiger partial charge in [-0.15, -0.1) is 0 Å². The molecule has 0 heterocycles. The Bertz CT molecular complexity index is 377. The average Bonchev–Trinajstić information content (AvgIpc) is 2.99. The standard InChI is InChI=1S/C11H14ClFN2/c1-2-15(7-3-4-7)11-6-9(13)8(12)5-10(11)14/h5-7H,2-4,14H2,1H3. The van der Waals surface area contributed by atoms with Gasteiger partial charge in [0.2, 0.25) is 0 Å². The first-order valence-corrected chi connectivity index (χ1v) is 5.52. The lowest BCUT2D eigenvalue weighted by atomic mass is 10.2. The van der Waals surface area contributed by atoms with Gasteiger partial charge in [-0.05, 0) is 25.8 Å². The monoisotopic (exact) mass is 228 g/mol. The summed E-state index contributed by atoms with van der Waals surface area (Å²) in [6.45, 7) is 2.89. The van der Waals surface area contributed by atoms with Crippen molar-refractivity contribution < 1.29 is 4.39 Å².